The normalized spacial score (nSPS) is 10.9. The summed E-state index contributed by atoms with van der Waals surface area (Å²) in [6, 6.07) is 7.46. The lowest BCUT2D eigenvalue weighted by atomic mass is 10.1. The van der Waals surface area contributed by atoms with E-state index >= 15 is 0 Å². The molecule has 0 heterocycles. The summed E-state index contributed by atoms with van der Waals surface area (Å²) in [4.78, 5) is 33.6. The number of hydrogen-bond donors (Lipinski definition) is 1. The number of nitro groups is 1. The van der Waals surface area contributed by atoms with Gasteiger partial charge < -0.3 is 14.8 Å². The Morgan fingerprint density at radius 1 is 1.14 bits per heavy atom. The number of anilines is 1. The maximum Gasteiger partial charge on any atom is 0.416 e. The van der Waals surface area contributed by atoms with Crippen LogP contribution in [0.2, 0.25) is 0 Å². The van der Waals surface area contributed by atoms with Crippen LogP contribution >= 0.6 is 0 Å². The first-order valence-corrected chi connectivity index (χ1v) is 7.58. The summed E-state index contributed by atoms with van der Waals surface area (Å²) in [5.74, 6) is -1.28. The Morgan fingerprint density at radius 2 is 1.79 bits per heavy atom. The SMILES string of the molecule is COc1ccc(C(=O)OCC(=O)Nc2ccc(C(F)(F)F)cc2[N+](=O)[O-])cc1. The summed E-state index contributed by atoms with van der Waals surface area (Å²) in [7, 11) is 1.44. The number of nitrogens with one attached hydrogen (secondary N) is 1. The first-order valence-electron chi connectivity index (χ1n) is 7.58. The molecule has 0 aliphatic carbocycles. The fraction of sp³-hybridized carbons (Fsp3) is 0.176. The van der Waals surface area contributed by atoms with Crippen LogP contribution in [0.3, 0.4) is 0 Å². The second-order valence-electron chi connectivity index (χ2n) is 5.34. The van der Waals surface area contributed by atoms with Gasteiger partial charge in [-0.25, -0.2) is 4.79 Å². The maximum absolute atomic E-state index is 12.7. The van der Waals surface area contributed by atoms with Gasteiger partial charge in [-0.05, 0) is 36.4 Å². The molecule has 8 nitrogen and oxygen atoms in total. The van der Waals surface area contributed by atoms with Gasteiger partial charge >= 0.3 is 12.1 Å². The molecule has 2 rings (SSSR count). The van der Waals surface area contributed by atoms with E-state index in [0.717, 1.165) is 6.07 Å². The Hall–Kier alpha value is -3.63. The molecule has 0 atom stereocenters. The lowest BCUT2D eigenvalue weighted by molar-refractivity contribution is -0.384. The molecule has 0 spiro atoms. The number of benzene rings is 2. The largest absolute Gasteiger partial charge is 0.497 e. The van der Waals surface area contributed by atoms with E-state index < -0.39 is 46.5 Å². The van der Waals surface area contributed by atoms with Crippen LogP contribution in [0.4, 0.5) is 24.5 Å². The molecule has 0 fully saturated rings. The Morgan fingerprint density at radius 3 is 2.32 bits per heavy atom. The number of carbonyl (C=O) groups is 2. The van der Waals surface area contributed by atoms with Crippen LogP contribution in [0.1, 0.15) is 15.9 Å². The predicted molar refractivity (Wildman–Crippen MR) is 90.0 cm³/mol. The van der Waals surface area contributed by atoms with Crippen LogP contribution < -0.4 is 10.1 Å². The van der Waals surface area contributed by atoms with Crippen molar-refractivity contribution < 1.29 is 37.2 Å². The number of rotatable bonds is 6. The zero-order chi connectivity index (χ0) is 20.9. The van der Waals surface area contributed by atoms with E-state index in [0.29, 0.717) is 17.9 Å². The quantitative estimate of drug-likeness (QED) is 0.454. The van der Waals surface area contributed by atoms with Gasteiger partial charge in [0.2, 0.25) is 0 Å². The number of ether oxygens (including phenoxy) is 2. The molecule has 28 heavy (non-hydrogen) atoms. The number of hydrogen-bond acceptors (Lipinski definition) is 6. The summed E-state index contributed by atoms with van der Waals surface area (Å²) in [6.45, 7) is -0.789. The van der Waals surface area contributed by atoms with Crippen LogP contribution in [0.5, 0.6) is 5.75 Å². The molecule has 0 bridgehead atoms. The molecule has 0 aliphatic heterocycles. The maximum atomic E-state index is 12.7. The van der Waals surface area contributed by atoms with E-state index in [4.69, 9.17) is 9.47 Å². The number of halogens is 3. The Kier molecular flexibility index (Phi) is 6.18. The van der Waals surface area contributed by atoms with E-state index in [2.05, 4.69) is 5.32 Å². The van der Waals surface area contributed by atoms with Crippen LogP contribution in [0, 0.1) is 10.1 Å². The highest BCUT2D eigenvalue weighted by Crippen LogP contribution is 2.34. The second-order valence-corrected chi connectivity index (χ2v) is 5.34. The first-order chi connectivity index (χ1) is 13.1. The number of esters is 1. The lowest BCUT2D eigenvalue weighted by Crippen LogP contribution is -2.21. The summed E-state index contributed by atoms with van der Waals surface area (Å²) < 4.78 is 47.7. The van der Waals surface area contributed by atoms with Gasteiger partial charge in [0.1, 0.15) is 11.4 Å². The third-order valence-electron chi connectivity index (χ3n) is 3.46. The van der Waals surface area contributed by atoms with Crippen LogP contribution in [-0.2, 0) is 15.7 Å². The van der Waals surface area contributed by atoms with Crippen molar-refractivity contribution in [3.05, 3.63) is 63.7 Å². The molecule has 0 aromatic heterocycles. The summed E-state index contributed by atoms with van der Waals surface area (Å²) in [6.07, 6.45) is -4.78. The molecule has 1 N–H and O–H groups in total. The van der Waals surface area contributed by atoms with Gasteiger partial charge in [-0.1, -0.05) is 0 Å². The molecule has 11 heteroatoms. The number of nitrogens with zero attached hydrogens (tertiary/aromatic N) is 1. The highest BCUT2D eigenvalue weighted by molar-refractivity contribution is 5.96. The van der Waals surface area contributed by atoms with Gasteiger partial charge in [0.25, 0.3) is 11.6 Å². The molecule has 0 radical (unpaired) electrons. The van der Waals surface area contributed by atoms with Gasteiger partial charge in [0.05, 0.1) is 23.2 Å². The van der Waals surface area contributed by atoms with E-state index in [1.165, 1.54) is 31.4 Å². The van der Waals surface area contributed by atoms with Gasteiger partial charge in [0.15, 0.2) is 6.61 Å². The van der Waals surface area contributed by atoms with Gasteiger partial charge in [-0.15, -0.1) is 0 Å². The van der Waals surface area contributed by atoms with Crippen molar-refractivity contribution in [2.75, 3.05) is 19.0 Å². The minimum absolute atomic E-state index is 0.133. The smallest absolute Gasteiger partial charge is 0.416 e. The number of nitro benzene ring substituents is 1. The summed E-state index contributed by atoms with van der Waals surface area (Å²) >= 11 is 0. The highest BCUT2D eigenvalue weighted by atomic mass is 19.4. The monoisotopic (exact) mass is 398 g/mol. The van der Waals surface area contributed by atoms with Gasteiger partial charge in [-0.2, -0.15) is 13.2 Å². The minimum atomic E-state index is -4.78. The van der Waals surface area contributed by atoms with Crippen molar-refractivity contribution in [2.45, 2.75) is 6.18 Å². The van der Waals surface area contributed by atoms with Gasteiger partial charge in [-0.3, -0.25) is 14.9 Å². The highest BCUT2D eigenvalue weighted by Gasteiger charge is 2.33. The second kappa shape index (κ2) is 8.37. The number of alkyl halides is 3. The van der Waals surface area contributed by atoms with E-state index in [9.17, 15) is 32.9 Å². The van der Waals surface area contributed by atoms with Crippen molar-refractivity contribution in [1.82, 2.24) is 0 Å². The van der Waals surface area contributed by atoms with Crippen LogP contribution in [-0.4, -0.2) is 30.5 Å². The van der Waals surface area contributed by atoms with Gasteiger partial charge in [0, 0.05) is 6.07 Å². The third kappa shape index (κ3) is 5.19. The van der Waals surface area contributed by atoms with Crippen molar-refractivity contribution in [1.29, 1.82) is 0 Å². The number of methoxy groups -OCH3 is 1. The number of amides is 1. The molecule has 0 saturated carbocycles. The van der Waals surface area contributed by atoms with E-state index in [1.54, 1.807) is 0 Å². The average Bonchev–Trinajstić information content (AvgIpc) is 2.65. The van der Waals surface area contributed by atoms with Crippen molar-refractivity contribution >= 4 is 23.3 Å². The molecule has 0 aliphatic rings. The van der Waals surface area contributed by atoms with Crippen molar-refractivity contribution in [3.63, 3.8) is 0 Å². The standard InChI is InChI=1S/C17H13F3N2O6/c1-27-12-5-2-10(3-6-12)16(24)28-9-15(23)21-13-7-4-11(17(18,19)20)8-14(13)22(25)26/h2-8H,9H2,1H3,(H,21,23). The predicted octanol–water partition coefficient (Wildman–Crippen LogP) is 3.42. The molecule has 0 unspecified atom stereocenters. The summed E-state index contributed by atoms with van der Waals surface area (Å²) in [5, 5.41) is 13.0. The molecule has 148 valence electrons. The topological polar surface area (TPSA) is 108 Å². The fourth-order valence-electron chi connectivity index (χ4n) is 2.09. The Labute approximate surface area is 156 Å². The minimum Gasteiger partial charge on any atom is -0.497 e. The van der Waals surface area contributed by atoms with E-state index in [-0.39, 0.29) is 5.56 Å². The molecule has 1 amide bonds. The third-order valence-corrected chi connectivity index (χ3v) is 3.46. The zero-order valence-electron chi connectivity index (χ0n) is 14.3. The average molecular weight is 398 g/mol. The molecule has 0 saturated heterocycles. The molecular formula is C17H13F3N2O6. The first kappa shape index (κ1) is 20.7. The summed E-state index contributed by atoms with van der Waals surface area (Å²) in [5.41, 5.74) is -2.50. The van der Waals surface area contributed by atoms with Crippen LogP contribution in [0.15, 0.2) is 42.5 Å². The lowest BCUT2D eigenvalue weighted by Gasteiger charge is -2.10. The molecule has 2 aromatic carbocycles. The van der Waals surface area contributed by atoms with Crippen molar-refractivity contribution in [2.24, 2.45) is 0 Å². The van der Waals surface area contributed by atoms with Crippen LogP contribution in [0.25, 0.3) is 0 Å². The number of carbonyl (C=O) groups excluding carboxylic acids is 2. The van der Waals surface area contributed by atoms with Crippen molar-refractivity contribution in [3.8, 4) is 5.75 Å². The van der Waals surface area contributed by atoms with E-state index in [1.807, 2.05) is 0 Å². The Balaban J connectivity index is 2.04. The Bertz CT molecular complexity index is 897. The fourth-order valence-corrected chi connectivity index (χ4v) is 2.09. The molecule has 2 aromatic rings. The zero-order valence-corrected chi connectivity index (χ0v) is 14.3. The molecular weight excluding hydrogens is 385 g/mol.